The Labute approximate surface area is 271 Å². The average Bonchev–Trinajstić information content (AvgIpc) is 3.85. The van der Waals surface area contributed by atoms with Crippen molar-refractivity contribution in [1.29, 1.82) is 0 Å². The standard InChI is InChI=1S/C39H41N3O4/c1-46-38-31(17-5-2-3-12-26-41-38)19-13-27-40-37(45)35(43)21-7-4-6-15-30-16-10-11-20-34(30)36(44)42-39(24-25-39)33-23-22-29-14-8-9-18-32(29)28-33/h8-12,14,16-18,20,22-23,26,28H,2-7,15,21,24-25,27H2,1H3,(H,40,45)(H,42,44)/b26-12-,31-17-,41-38+. The number of amides is 2. The van der Waals surface area contributed by atoms with E-state index < -0.39 is 11.7 Å². The number of Topliss-reactive ketones (excluding diaryl/α,β-unsaturated/α-hetero) is 1. The smallest absolute Gasteiger partial charge is 0.288 e. The molecule has 46 heavy (non-hydrogen) atoms. The summed E-state index contributed by atoms with van der Waals surface area (Å²) in [5, 5.41) is 8.29. The number of carbonyl (C=O) groups is 3. The van der Waals surface area contributed by atoms with E-state index in [1.165, 1.54) is 10.8 Å². The van der Waals surface area contributed by atoms with E-state index in [0.29, 0.717) is 23.5 Å². The van der Waals surface area contributed by atoms with Gasteiger partial charge in [-0.3, -0.25) is 14.4 Å². The largest absolute Gasteiger partial charge is 0.480 e. The second-order valence-electron chi connectivity index (χ2n) is 11.8. The van der Waals surface area contributed by atoms with Crippen LogP contribution in [0.1, 0.15) is 79.3 Å². The highest BCUT2D eigenvalue weighted by Crippen LogP contribution is 2.46. The molecule has 2 aliphatic rings. The van der Waals surface area contributed by atoms with Gasteiger partial charge >= 0.3 is 0 Å². The third-order valence-corrected chi connectivity index (χ3v) is 8.47. The maximum atomic E-state index is 13.5. The molecule has 0 spiro atoms. The van der Waals surface area contributed by atoms with Crippen LogP contribution in [0.3, 0.4) is 0 Å². The number of ketones is 1. The molecular formula is C39H41N3O4. The number of aliphatic imine (C=N–C) groups is 1. The summed E-state index contributed by atoms with van der Waals surface area (Å²) in [6, 6.07) is 22.4. The fourth-order valence-corrected chi connectivity index (χ4v) is 5.70. The summed E-state index contributed by atoms with van der Waals surface area (Å²) in [6.45, 7) is 0.0652. The zero-order valence-electron chi connectivity index (χ0n) is 26.4. The molecule has 1 aliphatic heterocycles. The van der Waals surface area contributed by atoms with Gasteiger partial charge in [-0.15, -0.1) is 0 Å². The van der Waals surface area contributed by atoms with Crippen LogP contribution < -0.4 is 10.6 Å². The van der Waals surface area contributed by atoms with Gasteiger partial charge in [-0.1, -0.05) is 85.0 Å². The lowest BCUT2D eigenvalue weighted by Crippen LogP contribution is -2.35. The van der Waals surface area contributed by atoms with E-state index in [0.717, 1.165) is 62.5 Å². The molecule has 0 atom stereocenters. The number of aryl methyl sites for hydroxylation is 1. The van der Waals surface area contributed by atoms with Gasteiger partial charge in [0.15, 0.2) is 0 Å². The number of fused-ring (bicyclic) bond motifs is 1. The molecule has 1 saturated carbocycles. The number of hydrogen-bond donors (Lipinski definition) is 2. The molecule has 1 fully saturated rings. The van der Waals surface area contributed by atoms with Gasteiger partial charge in [0.25, 0.3) is 11.8 Å². The Hall–Kier alpha value is -4.96. The maximum Gasteiger partial charge on any atom is 0.288 e. The van der Waals surface area contributed by atoms with Crippen LogP contribution in [-0.2, 0) is 26.3 Å². The van der Waals surface area contributed by atoms with Gasteiger partial charge in [-0.05, 0) is 85.4 Å². The topological polar surface area (TPSA) is 96.9 Å². The third kappa shape index (κ3) is 8.60. The Kier molecular flexibility index (Phi) is 11.2. The third-order valence-electron chi connectivity index (χ3n) is 8.47. The van der Waals surface area contributed by atoms with Crippen molar-refractivity contribution in [2.24, 2.45) is 4.99 Å². The number of unbranched alkanes of at least 4 members (excludes halogenated alkanes) is 2. The second kappa shape index (κ2) is 15.9. The van der Waals surface area contributed by atoms with Gasteiger partial charge in [0.1, 0.15) is 0 Å². The zero-order chi connectivity index (χ0) is 32.2. The van der Waals surface area contributed by atoms with Gasteiger partial charge in [0, 0.05) is 18.2 Å². The molecule has 7 heteroatoms. The zero-order valence-corrected chi connectivity index (χ0v) is 26.4. The van der Waals surface area contributed by atoms with E-state index in [1.54, 1.807) is 13.3 Å². The fourth-order valence-electron chi connectivity index (χ4n) is 5.70. The number of benzene rings is 3. The van der Waals surface area contributed by atoms with E-state index in [9.17, 15) is 14.4 Å². The Morgan fingerprint density at radius 3 is 2.57 bits per heavy atom. The van der Waals surface area contributed by atoms with Crippen molar-refractivity contribution in [2.45, 2.75) is 69.7 Å². The second-order valence-corrected chi connectivity index (χ2v) is 11.8. The molecule has 2 amide bonds. The molecule has 0 saturated heterocycles. The minimum absolute atomic E-state index is 0.0555. The quantitative estimate of drug-likeness (QED) is 0.142. The van der Waals surface area contributed by atoms with Crippen LogP contribution in [0.15, 0.2) is 95.6 Å². The van der Waals surface area contributed by atoms with Crippen molar-refractivity contribution in [1.82, 2.24) is 10.6 Å². The molecule has 7 nitrogen and oxygen atoms in total. The lowest BCUT2D eigenvalue weighted by atomic mass is 9.97. The Balaban J connectivity index is 1.06. The van der Waals surface area contributed by atoms with Crippen molar-refractivity contribution in [3.63, 3.8) is 0 Å². The SMILES string of the molecule is COC1=N/C=C\CCC/C=C\1C#CCNC(=O)C(=O)CCCCCc1ccccc1C(=O)NC1(c2ccc3ccccc3c2)CC1. The number of rotatable bonds is 11. The van der Waals surface area contributed by atoms with Gasteiger partial charge in [-0.2, -0.15) is 0 Å². The summed E-state index contributed by atoms with van der Waals surface area (Å²) in [4.78, 5) is 42.4. The molecule has 0 unspecified atom stereocenters. The molecule has 236 valence electrons. The lowest BCUT2D eigenvalue weighted by molar-refractivity contribution is -0.137. The highest BCUT2D eigenvalue weighted by Gasteiger charge is 2.46. The van der Waals surface area contributed by atoms with Gasteiger partial charge < -0.3 is 15.4 Å². The number of nitrogens with one attached hydrogen (secondary N) is 2. The molecule has 5 rings (SSSR count). The van der Waals surface area contributed by atoms with E-state index in [2.05, 4.69) is 57.8 Å². The fraction of sp³-hybridized carbons (Fsp3) is 0.333. The van der Waals surface area contributed by atoms with Crippen LogP contribution in [0.2, 0.25) is 0 Å². The first-order valence-corrected chi connectivity index (χ1v) is 16.2. The minimum atomic E-state index is -0.622. The molecule has 0 aromatic heterocycles. The molecular weight excluding hydrogens is 574 g/mol. The maximum absolute atomic E-state index is 13.5. The summed E-state index contributed by atoms with van der Waals surface area (Å²) in [5.41, 5.74) is 3.19. The first-order valence-electron chi connectivity index (χ1n) is 16.2. The summed E-state index contributed by atoms with van der Waals surface area (Å²) in [5.74, 6) is 5.20. The van der Waals surface area contributed by atoms with Crippen molar-refractivity contribution < 1.29 is 19.1 Å². The van der Waals surface area contributed by atoms with Gasteiger partial charge in [-0.25, -0.2) is 4.99 Å². The molecule has 2 N–H and O–H groups in total. The highest BCUT2D eigenvalue weighted by atomic mass is 16.5. The van der Waals surface area contributed by atoms with Crippen molar-refractivity contribution in [3.8, 4) is 11.8 Å². The molecule has 3 aromatic rings. The number of ether oxygens (including phenoxy) is 1. The summed E-state index contributed by atoms with van der Waals surface area (Å²) in [7, 11) is 1.55. The normalized spacial score (nSPS) is 18.1. The summed E-state index contributed by atoms with van der Waals surface area (Å²) >= 11 is 0. The van der Waals surface area contributed by atoms with Crippen LogP contribution in [0.4, 0.5) is 0 Å². The number of allylic oxidation sites excluding steroid dienone is 2. The first-order chi connectivity index (χ1) is 22.5. The van der Waals surface area contributed by atoms with Crippen molar-refractivity contribution >= 4 is 34.3 Å². The lowest BCUT2D eigenvalue weighted by Gasteiger charge is -2.20. The number of nitrogens with zero attached hydrogens (tertiary/aromatic N) is 1. The molecule has 0 radical (unpaired) electrons. The van der Waals surface area contributed by atoms with Gasteiger partial charge in [0.2, 0.25) is 11.7 Å². The Bertz CT molecular complexity index is 1740. The van der Waals surface area contributed by atoms with Crippen molar-refractivity contribution in [3.05, 3.63) is 107 Å². The van der Waals surface area contributed by atoms with E-state index in [1.807, 2.05) is 48.6 Å². The minimum Gasteiger partial charge on any atom is -0.480 e. The van der Waals surface area contributed by atoms with E-state index >= 15 is 0 Å². The predicted octanol–water partition coefficient (Wildman–Crippen LogP) is 6.72. The Morgan fingerprint density at radius 1 is 0.935 bits per heavy atom. The van der Waals surface area contributed by atoms with Crippen LogP contribution in [0.25, 0.3) is 10.8 Å². The number of carbonyl (C=O) groups excluding carboxylic acids is 3. The molecule has 1 aliphatic carbocycles. The summed E-state index contributed by atoms with van der Waals surface area (Å²) < 4.78 is 5.34. The van der Waals surface area contributed by atoms with E-state index in [-0.39, 0.29) is 24.4 Å². The van der Waals surface area contributed by atoms with Crippen LogP contribution in [0.5, 0.6) is 0 Å². The average molecular weight is 616 g/mol. The van der Waals surface area contributed by atoms with Crippen LogP contribution in [-0.4, -0.2) is 37.1 Å². The summed E-state index contributed by atoms with van der Waals surface area (Å²) in [6.07, 6.45) is 13.4. The van der Waals surface area contributed by atoms with E-state index in [4.69, 9.17) is 4.74 Å². The number of hydrogen-bond acceptors (Lipinski definition) is 5. The molecule has 3 aromatic carbocycles. The number of methoxy groups -OCH3 is 1. The van der Waals surface area contributed by atoms with Crippen LogP contribution >= 0.6 is 0 Å². The van der Waals surface area contributed by atoms with Crippen LogP contribution in [0, 0.1) is 11.8 Å². The monoisotopic (exact) mass is 615 g/mol. The highest BCUT2D eigenvalue weighted by molar-refractivity contribution is 6.36. The molecule has 1 heterocycles. The van der Waals surface area contributed by atoms with Gasteiger partial charge in [0.05, 0.1) is 24.8 Å². The molecule has 0 bridgehead atoms. The predicted molar refractivity (Wildman–Crippen MR) is 182 cm³/mol. The van der Waals surface area contributed by atoms with Crippen molar-refractivity contribution in [2.75, 3.05) is 13.7 Å². The first kappa shape index (κ1) is 32.4. The Morgan fingerprint density at radius 2 is 1.74 bits per heavy atom.